The summed E-state index contributed by atoms with van der Waals surface area (Å²) in [5.41, 5.74) is 3.22. The van der Waals surface area contributed by atoms with Crippen LogP contribution in [0.1, 0.15) is 44.1 Å². The molecule has 3 rings (SSSR count). The van der Waals surface area contributed by atoms with Gasteiger partial charge in [-0.25, -0.2) is 0 Å². The zero-order valence-corrected chi connectivity index (χ0v) is 15.1. The van der Waals surface area contributed by atoms with E-state index in [1.807, 2.05) is 18.2 Å². The quantitative estimate of drug-likeness (QED) is 0.836. The van der Waals surface area contributed by atoms with Gasteiger partial charge in [0.15, 0.2) is 5.82 Å². The van der Waals surface area contributed by atoms with Gasteiger partial charge in [-0.15, -0.1) is 0 Å². The van der Waals surface area contributed by atoms with Crippen molar-refractivity contribution in [3.8, 4) is 11.3 Å². The first-order valence-corrected chi connectivity index (χ1v) is 9.36. The highest BCUT2D eigenvalue weighted by molar-refractivity contribution is 5.90. The smallest absolute Gasteiger partial charge is 0.225 e. The molecule has 0 spiro atoms. The first kappa shape index (κ1) is 17.7. The summed E-state index contributed by atoms with van der Waals surface area (Å²) in [7, 11) is 0. The van der Waals surface area contributed by atoms with Crippen molar-refractivity contribution >= 4 is 11.7 Å². The minimum Gasteiger partial charge on any atom is -0.309 e. The Morgan fingerprint density at radius 1 is 1.20 bits per heavy atom. The molecule has 1 aliphatic rings. The summed E-state index contributed by atoms with van der Waals surface area (Å²) < 4.78 is 0. The van der Waals surface area contributed by atoms with Crippen LogP contribution in [-0.4, -0.2) is 40.6 Å². The molecule has 2 aromatic rings. The summed E-state index contributed by atoms with van der Waals surface area (Å²) in [5.74, 6) is 0.635. The molecule has 1 aromatic heterocycles. The lowest BCUT2D eigenvalue weighted by atomic mass is 10.1. The summed E-state index contributed by atoms with van der Waals surface area (Å²) in [4.78, 5) is 14.6. The number of amides is 1. The van der Waals surface area contributed by atoms with Crippen molar-refractivity contribution < 1.29 is 4.79 Å². The fraction of sp³-hybridized carbons (Fsp3) is 0.500. The number of benzene rings is 1. The molecule has 1 saturated heterocycles. The van der Waals surface area contributed by atoms with Crippen LogP contribution in [-0.2, 0) is 4.79 Å². The topological polar surface area (TPSA) is 61.0 Å². The molecule has 5 heteroatoms. The Kier molecular flexibility index (Phi) is 6.23. The number of nitrogens with one attached hydrogen (secondary N) is 2. The molecule has 1 fully saturated rings. The molecule has 0 atom stereocenters. The third-order valence-corrected chi connectivity index (χ3v) is 4.86. The van der Waals surface area contributed by atoms with Crippen LogP contribution in [0.5, 0.6) is 0 Å². The monoisotopic (exact) mass is 340 g/mol. The lowest BCUT2D eigenvalue weighted by Gasteiger charge is -2.19. The molecule has 0 unspecified atom stereocenters. The molecule has 0 saturated carbocycles. The Morgan fingerprint density at radius 3 is 2.72 bits per heavy atom. The molecule has 5 nitrogen and oxygen atoms in total. The Hall–Kier alpha value is -2.14. The zero-order valence-electron chi connectivity index (χ0n) is 15.1. The van der Waals surface area contributed by atoms with Crippen molar-refractivity contribution in [3.63, 3.8) is 0 Å². The number of carbonyl (C=O) groups is 1. The van der Waals surface area contributed by atoms with Gasteiger partial charge in [0.05, 0.1) is 5.69 Å². The maximum atomic E-state index is 12.2. The molecule has 1 aromatic carbocycles. The van der Waals surface area contributed by atoms with Crippen LogP contribution < -0.4 is 5.32 Å². The maximum Gasteiger partial charge on any atom is 0.225 e. The predicted molar refractivity (Wildman–Crippen MR) is 102 cm³/mol. The van der Waals surface area contributed by atoms with Gasteiger partial charge in [-0.1, -0.05) is 37.1 Å². The van der Waals surface area contributed by atoms with Gasteiger partial charge >= 0.3 is 0 Å². The highest BCUT2D eigenvalue weighted by Crippen LogP contribution is 2.23. The SMILES string of the molecule is Cc1ccccc1-c1cc(NC(=O)CCCN2CCCCCC2)n[nH]1. The molecule has 1 aliphatic heterocycles. The summed E-state index contributed by atoms with van der Waals surface area (Å²) in [6, 6.07) is 10.0. The van der Waals surface area contributed by atoms with Crippen molar-refractivity contribution in [2.24, 2.45) is 0 Å². The average Bonchev–Trinajstić information content (AvgIpc) is 2.89. The number of H-pyrrole nitrogens is 1. The molecule has 2 N–H and O–H groups in total. The lowest BCUT2D eigenvalue weighted by Crippen LogP contribution is -2.26. The Labute approximate surface area is 149 Å². The van der Waals surface area contributed by atoms with Gasteiger partial charge in [0.1, 0.15) is 0 Å². The van der Waals surface area contributed by atoms with Crippen LogP contribution in [0.15, 0.2) is 30.3 Å². The second-order valence-electron chi connectivity index (χ2n) is 6.89. The van der Waals surface area contributed by atoms with Crippen molar-refractivity contribution in [1.29, 1.82) is 0 Å². The maximum absolute atomic E-state index is 12.2. The number of carbonyl (C=O) groups excluding carboxylic acids is 1. The van der Waals surface area contributed by atoms with Crippen molar-refractivity contribution in [3.05, 3.63) is 35.9 Å². The number of hydrogen-bond acceptors (Lipinski definition) is 3. The van der Waals surface area contributed by atoms with E-state index in [0.717, 1.165) is 24.2 Å². The summed E-state index contributed by atoms with van der Waals surface area (Å²) in [5, 5.41) is 10.1. The molecule has 2 heterocycles. The van der Waals surface area contributed by atoms with Crippen LogP contribution in [0.2, 0.25) is 0 Å². The highest BCUT2D eigenvalue weighted by Gasteiger charge is 2.11. The van der Waals surface area contributed by atoms with E-state index in [9.17, 15) is 4.79 Å². The first-order chi connectivity index (χ1) is 12.2. The Bertz CT molecular complexity index is 687. The third-order valence-electron chi connectivity index (χ3n) is 4.86. The van der Waals surface area contributed by atoms with Gasteiger partial charge in [-0.2, -0.15) is 5.10 Å². The fourth-order valence-electron chi connectivity index (χ4n) is 3.43. The third kappa shape index (κ3) is 5.16. The largest absolute Gasteiger partial charge is 0.309 e. The normalized spacial score (nSPS) is 15.7. The first-order valence-electron chi connectivity index (χ1n) is 9.36. The predicted octanol–water partition coefficient (Wildman–Crippen LogP) is 3.98. The number of anilines is 1. The van der Waals surface area contributed by atoms with Crippen LogP contribution >= 0.6 is 0 Å². The van der Waals surface area contributed by atoms with Crippen LogP contribution in [0, 0.1) is 6.92 Å². The van der Waals surface area contributed by atoms with Gasteiger partial charge in [-0.05, 0) is 51.4 Å². The van der Waals surface area contributed by atoms with E-state index < -0.39 is 0 Å². The minimum atomic E-state index is 0.0395. The van der Waals surface area contributed by atoms with E-state index in [1.54, 1.807) is 0 Å². The highest BCUT2D eigenvalue weighted by atomic mass is 16.1. The second-order valence-corrected chi connectivity index (χ2v) is 6.89. The van der Waals surface area contributed by atoms with Gasteiger partial charge in [0.2, 0.25) is 5.91 Å². The number of likely N-dealkylation sites (tertiary alicyclic amines) is 1. The van der Waals surface area contributed by atoms with E-state index in [0.29, 0.717) is 12.2 Å². The number of aryl methyl sites for hydroxylation is 1. The minimum absolute atomic E-state index is 0.0395. The van der Waals surface area contributed by atoms with E-state index in [-0.39, 0.29) is 5.91 Å². The molecule has 134 valence electrons. The van der Waals surface area contributed by atoms with Gasteiger partial charge in [0.25, 0.3) is 0 Å². The van der Waals surface area contributed by atoms with Crippen molar-refractivity contribution in [1.82, 2.24) is 15.1 Å². The molecule has 0 bridgehead atoms. The molecular weight excluding hydrogens is 312 g/mol. The van der Waals surface area contributed by atoms with E-state index >= 15 is 0 Å². The Balaban J connectivity index is 1.46. The summed E-state index contributed by atoms with van der Waals surface area (Å²) >= 11 is 0. The number of rotatable bonds is 6. The van der Waals surface area contributed by atoms with E-state index in [4.69, 9.17) is 0 Å². The van der Waals surface area contributed by atoms with Crippen LogP contribution in [0.25, 0.3) is 11.3 Å². The summed E-state index contributed by atoms with van der Waals surface area (Å²) in [6.45, 7) is 5.45. The van der Waals surface area contributed by atoms with E-state index in [2.05, 4.69) is 39.5 Å². The van der Waals surface area contributed by atoms with Crippen molar-refractivity contribution in [2.45, 2.75) is 45.4 Å². The number of aromatic nitrogens is 2. The number of hydrogen-bond donors (Lipinski definition) is 2. The second kappa shape index (κ2) is 8.81. The number of nitrogens with zero attached hydrogens (tertiary/aromatic N) is 2. The number of aromatic amines is 1. The zero-order chi connectivity index (χ0) is 17.5. The standard InChI is InChI=1S/C20H28N4O/c1-16-9-4-5-10-17(16)18-15-19(23-22-18)21-20(25)11-8-14-24-12-6-2-3-7-13-24/h4-5,9-10,15H,2-3,6-8,11-14H2,1H3,(H2,21,22,23,25). The van der Waals surface area contributed by atoms with E-state index in [1.165, 1.54) is 44.3 Å². The molecule has 25 heavy (non-hydrogen) atoms. The van der Waals surface area contributed by atoms with Crippen molar-refractivity contribution in [2.75, 3.05) is 25.0 Å². The Morgan fingerprint density at radius 2 is 1.96 bits per heavy atom. The molecular formula is C20H28N4O. The summed E-state index contributed by atoms with van der Waals surface area (Å²) in [6.07, 6.45) is 6.73. The van der Waals surface area contributed by atoms with Gasteiger partial charge in [-0.3, -0.25) is 9.89 Å². The molecule has 1 amide bonds. The molecule has 0 radical (unpaired) electrons. The van der Waals surface area contributed by atoms with Crippen LogP contribution in [0.3, 0.4) is 0 Å². The van der Waals surface area contributed by atoms with Gasteiger partial charge in [0, 0.05) is 18.1 Å². The lowest BCUT2D eigenvalue weighted by molar-refractivity contribution is -0.116. The average molecular weight is 340 g/mol. The van der Waals surface area contributed by atoms with Crippen LogP contribution in [0.4, 0.5) is 5.82 Å². The molecule has 0 aliphatic carbocycles. The van der Waals surface area contributed by atoms with Gasteiger partial charge < -0.3 is 10.2 Å². The fourth-order valence-corrected chi connectivity index (χ4v) is 3.43.